The Bertz CT molecular complexity index is 1080. The molecule has 1 heterocycles. The molecule has 1 aliphatic rings. The molecule has 0 amide bonds. The second-order valence-electron chi connectivity index (χ2n) is 8.90. The van der Waals surface area contributed by atoms with Crippen molar-refractivity contribution in [2.24, 2.45) is 0 Å². The second kappa shape index (κ2) is 14.8. The second-order valence-corrected chi connectivity index (χ2v) is 12.8. The molecule has 2 rings (SSSR count). The molecule has 1 aromatic rings. The Labute approximate surface area is 230 Å². The van der Waals surface area contributed by atoms with Crippen molar-refractivity contribution >= 4 is 27.2 Å². The van der Waals surface area contributed by atoms with E-state index in [4.69, 9.17) is 18.3 Å². The predicted octanol–water partition coefficient (Wildman–Crippen LogP) is -0.500. The fraction of sp³-hybridized carbons (Fsp3) is 0.636. The zero-order chi connectivity index (χ0) is 30.3. The molecule has 18 heteroatoms. The number of aliphatic hydroxyl groups excluding tert-OH is 4. The van der Waals surface area contributed by atoms with Gasteiger partial charge in [0.05, 0.1) is 20.8 Å². The molecule has 0 spiro atoms. The maximum atomic E-state index is 13.7. The molecular formula is C22H36N2O14P2. The van der Waals surface area contributed by atoms with Crippen LogP contribution in [0.4, 0.5) is 0 Å². The van der Waals surface area contributed by atoms with Gasteiger partial charge in [0.25, 0.3) is 7.52 Å². The van der Waals surface area contributed by atoms with Crippen molar-refractivity contribution in [3.63, 3.8) is 0 Å². The molecule has 1 aromatic carbocycles. The highest BCUT2D eigenvalue weighted by Crippen LogP contribution is 2.48. The lowest BCUT2D eigenvalue weighted by molar-refractivity contribution is -0.291. The third kappa shape index (κ3) is 9.57. The minimum Gasteiger partial charge on any atom is -0.468 e. The van der Waals surface area contributed by atoms with Gasteiger partial charge in [-0.3, -0.25) is 18.7 Å². The average molecular weight is 614 g/mol. The van der Waals surface area contributed by atoms with Crippen molar-refractivity contribution in [1.29, 1.82) is 0 Å². The molecule has 40 heavy (non-hydrogen) atoms. The van der Waals surface area contributed by atoms with E-state index >= 15 is 0 Å². The molecule has 228 valence electrons. The number of hydrogen-bond acceptors (Lipinski definition) is 14. The van der Waals surface area contributed by atoms with Crippen LogP contribution in [0.3, 0.4) is 0 Å². The van der Waals surface area contributed by atoms with Crippen LogP contribution in [0.1, 0.15) is 13.8 Å². The summed E-state index contributed by atoms with van der Waals surface area (Å²) in [4.78, 5) is 23.5. The van der Waals surface area contributed by atoms with E-state index in [9.17, 15) is 39.1 Å². The zero-order valence-corrected chi connectivity index (χ0v) is 24.3. The summed E-state index contributed by atoms with van der Waals surface area (Å²) < 4.78 is 57.0. The molecule has 0 radical (unpaired) electrons. The zero-order valence-electron chi connectivity index (χ0n) is 22.5. The maximum absolute atomic E-state index is 13.7. The van der Waals surface area contributed by atoms with Gasteiger partial charge >= 0.3 is 19.7 Å². The maximum Gasteiger partial charge on any atom is 0.461 e. The number of esters is 2. The van der Waals surface area contributed by atoms with Gasteiger partial charge in [-0.25, -0.2) is 9.65 Å². The molecule has 0 aromatic heterocycles. The largest absolute Gasteiger partial charge is 0.468 e. The Hall–Kier alpha value is -1.94. The molecular weight excluding hydrogens is 578 g/mol. The van der Waals surface area contributed by atoms with E-state index in [-0.39, 0.29) is 5.75 Å². The van der Waals surface area contributed by atoms with Gasteiger partial charge in [0.15, 0.2) is 6.29 Å². The first-order valence-corrected chi connectivity index (χ1v) is 15.6. The first-order chi connectivity index (χ1) is 18.6. The van der Waals surface area contributed by atoms with Crippen molar-refractivity contribution in [1.82, 2.24) is 10.2 Å². The summed E-state index contributed by atoms with van der Waals surface area (Å²) in [6.45, 7) is 3.07. The molecule has 1 fully saturated rings. The SMILES string of the molecule is COC(=O)[C@H](C)NP(C)(=O)OC[C@@H](O)[C@H]1O[C@H](OP(=O)(N[C@@H](C)C(=O)OC)Oc2ccccc2)[C@@H](O)[C@@H](O)[C@@H]1O. The standard InChI is InChI=1S/C22H36N2O14P2/c1-12(20(29)33-3)23-39(5,31)35-11-15(25)19-17(27)16(26)18(28)22(36-19)38-40(32,24-13(2)21(30)34-4)37-14-9-7-6-8-10-14/h6-10,12-13,15-19,22,25-28H,11H2,1-5H3,(H,23,31)(H,24,32)/t12-,13-,15+,16-,17-,18-,19+,22+,39?,40?/m0/s1. The molecule has 1 saturated heterocycles. The molecule has 2 unspecified atom stereocenters. The lowest BCUT2D eigenvalue weighted by Crippen LogP contribution is -2.61. The van der Waals surface area contributed by atoms with E-state index in [1.165, 1.54) is 26.0 Å². The summed E-state index contributed by atoms with van der Waals surface area (Å²) >= 11 is 0. The van der Waals surface area contributed by atoms with Crippen LogP contribution >= 0.6 is 15.3 Å². The molecule has 0 saturated carbocycles. The highest BCUT2D eigenvalue weighted by atomic mass is 31.2. The summed E-state index contributed by atoms with van der Waals surface area (Å²) in [5.41, 5.74) is 0. The van der Waals surface area contributed by atoms with E-state index in [1.807, 2.05) is 0 Å². The summed E-state index contributed by atoms with van der Waals surface area (Å²) in [5.74, 6) is -1.50. The van der Waals surface area contributed by atoms with Gasteiger partial charge in [-0.05, 0) is 26.0 Å². The molecule has 10 atom stereocenters. The molecule has 0 aliphatic carbocycles. The monoisotopic (exact) mass is 614 g/mol. The number of carbonyl (C=O) groups is 2. The van der Waals surface area contributed by atoms with Crippen LogP contribution in [0.2, 0.25) is 0 Å². The van der Waals surface area contributed by atoms with Crippen molar-refractivity contribution in [3.8, 4) is 5.75 Å². The number of methoxy groups -OCH3 is 2. The fourth-order valence-corrected chi connectivity index (χ4v) is 6.42. The Kier molecular flexibility index (Phi) is 12.7. The molecule has 1 aliphatic heterocycles. The molecule has 0 bridgehead atoms. The van der Waals surface area contributed by atoms with Crippen LogP contribution in [-0.4, -0.2) is 109 Å². The summed E-state index contributed by atoms with van der Waals surface area (Å²) in [6, 6.07) is 5.40. The van der Waals surface area contributed by atoms with Crippen LogP contribution in [-0.2, 0) is 42.0 Å². The number of nitrogens with one attached hydrogen (secondary N) is 2. The van der Waals surface area contributed by atoms with Crippen LogP contribution < -0.4 is 14.7 Å². The average Bonchev–Trinajstić information content (AvgIpc) is 2.91. The Balaban J connectivity index is 2.20. The Morgan fingerprint density at radius 1 is 0.950 bits per heavy atom. The summed E-state index contributed by atoms with van der Waals surface area (Å²) in [7, 11) is -6.03. The van der Waals surface area contributed by atoms with Crippen LogP contribution in [0.25, 0.3) is 0 Å². The lowest BCUT2D eigenvalue weighted by atomic mass is 9.96. The van der Waals surface area contributed by atoms with E-state index in [2.05, 4.69) is 19.6 Å². The third-order valence-electron chi connectivity index (χ3n) is 5.58. The van der Waals surface area contributed by atoms with E-state index in [0.29, 0.717) is 0 Å². The van der Waals surface area contributed by atoms with Gasteiger partial charge in [0.2, 0.25) is 0 Å². The van der Waals surface area contributed by atoms with Gasteiger partial charge < -0.3 is 43.7 Å². The minimum atomic E-state index is -4.58. The van der Waals surface area contributed by atoms with Crippen LogP contribution in [0.5, 0.6) is 5.75 Å². The van der Waals surface area contributed by atoms with Gasteiger partial charge in [0, 0.05) is 6.66 Å². The number of ether oxygens (including phenoxy) is 3. The Morgan fingerprint density at radius 2 is 1.50 bits per heavy atom. The number of rotatable bonds is 14. The van der Waals surface area contributed by atoms with Crippen molar-refractivity contribution in [2.75, 3.05) is 27.5 Å². The van der Waals surface area contributed by atoms with Gasteiger partial charge in [0.1, 0.15) is 48.4 Å². The summed E-state index contributed by atoms with van der Waals surface area (Å²) in [6.07, 6.45) is -11.3. The van der Waals surface area contributed by atoms with Gasteiger partial charge in [-0.15, -0.1) is 0 Å². The highest BCUT2D eigenvalue weighted by Gasteiger charge is 2.50. The first kappa shape index (κ1) is 34.3. The smallest absolute Gasteiger partial charge is 0.461 e. The number of hydrogen-bond donors (Lipinski definition) is 6. The number of para-hydroxylation sites is 1. The lowest BCUT2D eigenvalue weighted by Gasteiger charge is -2.42. The minimum absolute atomic E-state index is 0.0404. The van der Waals surface area contributed by atoms with Crippen LogP contribution in [0.15, 0.2) is 30.3 Å². The van der Waals surface area contributed by atoms with Crippen molar-refractivity contribution in [2.45, 2.75) is 62.7 Å². The normalized spacial score (nSPS) is 28.3. The third-order valence-corrected chi connectivity index (χ3v) is 8.72. The quantitative estimate of drug-likeness (QED) is 0.115. The summed E-state index contributed by atoms with van der Waals surface area (Å²) in [5, 5.41) is 46.7. The number of benzene rings is 1. The first-order valence-electron chi connectivity index (χ1n) is 12.0. The Morgan fingerprint density at radius 3 is 2.05 bits per heavy atom. The number of aliphatic hydroxyl groups is 4. The van der Waals surface area contributed by atoms with Crippen molar-refractivity contribution < 1.29 is 66.9 Å². The van der Waals surface area contributed by atoms with E-state index in [1.54, 1.807) is 18.2 Å². The topological polar surface area (TPSA) is 229 Å². The van der Waals surface area contributed by atoms with Gasteiger partial charge in [-0.1, -0.05) is 18.2 Å². The number of carbonyl (C=O) groups excluding carboxylic acids is 2. The van der Waals surface area contributed by atoms with Gasteiger partial charge in [-0.2, -0.15) is 5.09 Å². The molecule has 6 N–H and O–H groups in total. The van der Waals surface area contributed by atoms with Crippen molar-refractivity contribution in [3.05, 3.63) is 30.3 Å². The molecule has 16 nitrogen and oxygen atoms in total. The van der Waals surface area contributed by atoms with E-state index < -0.39 is 82.7 Å². The van der Waals surface area contributed by atoms with Crippen LogP contribution in [0, 0.1) is 0 Å². The predicted molar refractivity (Wildman–Crippen MR) is 137 cm³/mol. The van der Waals surface area contributed by atoms with E-state index in [0.717, 1.165) is 20.9 Å². The highest BCUT2D eigenvalue weighted by molar-refractivity contribution is 7.56. The fourth-order valence-electron chi connectivity index (χ4n) is 3.51.